The van der Waals surface area contributed by atoms with Crippen molar-refractivity contribution in [3.8, 4) is 0 Å². The number of esters is 1. The molecule has 0 unspecified atom stereocenters. The fraction of sp³-hybridized carbons (Fsp3) is 0.200. The molecule has 1 amide bonds. The lowest BCUT2D eigenvalue weighted by atomic mass is 10.2. The highest BCUT2D eigenvalue weighted by molar-refractivity contribution is 7.16. The molecule has 0 spiro atoms. The summed E-state index contributed by atoms with van der Waals surface area (Å²) in [6.45, 7) is 1.71. The predicted molar refractivity (Wildman–Crippen MR) is 83.3 cm³/mol. The average Bonchev–Trinajstić information content (AvgIpc) is 3.11. The summed E-state index contributed by atoms with van der Waals surface area (Å²) in [6, 6.07) is 6.72. The first kappa shape index (κ1) is 15.2. The van der Waals surface area contributed by atoms with Crippen LogP contribution < -0.4 is 4.80 Å². The lowest BCUT2D eigenvalue weighted by molar-refractivity contribution is 0.0601. The van der Waals surface area contributed by atoms with Gasteiger partial charge in [0.05, 0.1) is 22.9 Å². The molecule has 7 nitrogen and oxygen atoms in total. The van der Waals surface area contributed by atoms with Gasteiger partial charge in [-0.15, -0.1) is 0 Å². The van der Waals surface area contributed by atoms with Gasteiger partial charge in [-0.2, -0.15) is 4.99 Å². The van der Waals surface area contributed by atoms with Crippen LogP contribution in [0.15, 0.2) is 33.8 Å². The van der Waals surface area contributed by atoms with E-state index in [-0.39, 0.29) is 5.69 Å². The van der Waals surface area contributed by atoms with Crippen molar-refractivity contribution < 1.29 is 18.8 Å². The number of thiazole rings is 1. The quantitative estimate of drug-likeness (QED) is 0.671. The Morgan fingerprint density at radius 3 is 2.78 bits per heavy atom. The van der Waals surface area contributed by atoms with Crippen LogP contribution in [0.5, 0.6) is 0 Å². The molecule has 1 aromatic carbocycles. The molecule has 0 atom stereocenters. The predicted octanol–water partition coefficient (Wildman–Crippen LogP) is 2.06. The Kier molecular flexibility index (Phi) is 3.83. The summed E-state index contributed by atoms with van der Waals surface area (Å²) in [5.74, 6) is -0.334. The Bertz CT molecular complexity index is 980. The van der Waals surface area contributed by atoms with Gasteiger partial charge >= 0.3 is 11.9 Å². The van der Waals surface area contributed by atoms with Gasteiger partial charge in [0.15, 0.2) is 10.5 Å². The van der Waals surface area contributed by atoms with Gasteiger partial charge in [-0.25, -0.2) is 4.79 Å². The molecule has 0 bridgehead atoms. The van der Waals surface area contributed by atoms with Crippen LogP contribution in [0.1, 0.15) is 26.6 Å². The van der Waals surface area contributed by atoms with E-state index in [1.54, 1.807) is 36.7 Å². The zero-order valence-electron chi connectivity index (χ0n) is 12.7. The van der Waals surface area contributed by atoms with Crippen molar-refractivity contribution in [2.45, 2.75) is 6.92 Å². The van der Waals surface area contributed by atoms with Crippen LogP contribution in [-0.2, 0) is 11.8 Å². The third-order valence-corrected chi connectivity index (χ3v) is 4.37. The number of hydrogen-bond acceptors (Lipinski definition) is 6. The van der Waals surface area contributed by atoms with Crippen LogP contribution in [0.2, 0.25) is 0 Å². The van der Waals surface area contributed by atoms with Crippen LogP contribution in [0.3, 0.4) is 0 Å². The van der Waals surface area contributed by atoms with Gasteiger partial charge in [-0.1, -0.05) is 16.5 Å². The number of amides is 1. The smallest absolute Gasteiger partial charge is 0.337 e. The van der Waals surface area contributed by atoms with Crippen molar-refractivity contribution >= 4 is 33.4 Å². The molecule has 23 heavy (non-hydrogen) atoms. The molecule has 2 heterocycles. The molecule has 0 radical (unpaired) electrons. The lowest BCUT2D eigenvalue weighted by Crippen LogP contribution is -2.13. The molecule has 0 aliphatic carbocycles. The Labute approximate surface area is 134 Å². The van der Waals surface area contributed by atoms with E-state index in [9.17, 15) is 9.59 Å². The van der Waals surface area contributed by atoms with E-state index in [4.69, 9.17) is 9.26 Å². The van der Waals surface area contributed by atoms with E-state index in [2.05, 4.69) is 10.1 Å². The fourth-order valence-corrected chi connectivity index (χ4v) is 3.15. The molecule has 118 valence electrons. The molecule has 8 heteroatoms. The molecule has 0 saturated heterocycles. The first-order chi connectivity index (χ1) is 11.0. The van der Waals surface area contributed by atoms with Crippen LogP contribution in [-0.4, -0.2) is 28.7 Å². The first-order valence-corrected chi connectivity index (χ1v) is 7.51. The zero-order chi connectivity index (χ0) is 16.6. The van der Waals surface area contributed by atoms with E-state index in [1.807, 2.05) is 0 Å². The molecular formula is C15H13N3O4S. The second-order valence-electron chi connectivity index (χ2n) is 4.86. The summed E-state index contributed by atoms with van der Waals surface area (Å²) in [4.78, 5) is 28.3. The minimum absolute atomic E-state index is 0.162. The lowest BCUT2D eigenvalue weighted by Gasteiger charge is -1.99. The summed E-state index contributed by atoms with van der Waals surface area (Å²) >= 11 is 1.31. The summed E-state index contributed by atoms with van der Waals surface area (Å²) in [6.07, 6.45) is 0. The number of rotatable bonds is 2. The van der Waals surface area contributed by atoms with Crippen molar-refractivity contribution in [2.75, 3.05) is 7.11 Å². The standard InChI is InChI=1S/C15H13N3O4S/c1-8-6-10(17-22-8)13(19)16-15-18(2)11-5-4-9(14(20)21-3)7-12(11)23-15/h4-7H,1-3H3. The maximum absolute atomic E-state index is 12.1. The van der Waals surface area contributed by atoms with Crippen molar-refractivity contribution in [2.24, 2.45) is 12.0 Å². The second-order valence-corrected chi connectivity index (χ2v) is 5.87. The van der Waals surface area contributed by atoms with Crippen molar-refractivity contribution in [1.82, 2.24) is 9.72 Å². The van der Waals surface area contributed by atoms with Gasteiger partial charge in [0.1, 0.15) is 5.76 Å². The van der Waals surface area contributed by atoms with Crippen molar-refractivity contribution in [3.63, 3.8) is 0 Å². The highest BCUT2D eigenvalue weighted by Crippen LogP contribution is 2.19. The summed E-state index contributed by atoms with van der Waals surface area (Å²) in [7, 11) is 3.14. The van der Waals surface area contributed by atoms with Crippen LogP contribution >= 0.6 is 11.3 Å². The van der Waals surface area contributed by atoms with E-state index in [0.717, 1.165) is 10.2 Å². The molecule has 0 aliphatic rings. The third kappa shape index (κ3) is 2.80. The molecular weight excluding hydrogens is 318 g/mol. The number of nitrogens with zero attached hydrogens (tertiary/aromatic N) is 3. The fourth-order valence-electron chi connectivity index (χ4n) is 2.10. The van der Waals surface area contributed by atoms with Gasteiger partial charge in [0.25, 0.3) is 0 Å². The number of methoxy groups -OCH3 is 1. The van der Waals surface area contributed by atoms with Crippen molar-refractivity contribution in [1.29, 1.82) is 0 Å². The largest absolute Gasteiger partial charge is 0.465 e. The summed E-state index contributed by atoms with van der Waals surface area (Å²) in [5.41, 5.74) is 1.48. The monoisotopic (exact) mass is 331 g/mol. The van der Waals surface area contributed by atoms with E-state index in [1.165, 1.54) is 24.5 Å². The van der Waals surface area contributed by atoms with E-state index < -0.39 is 11.9 Å². The van der Waals surface area contributed by atoms with Crippen LogP contribution in [0, 0.1) is 6.92 Å². The van der Waals surface area contributed by atoms with Gasteiger partial charge in [0.2, 0.25) is 0 Å². The molecule has 0 saturated carbocycles. The topological polar surface area (TPSA) is 86.7 Å². The molecule has 2 aromatic heterocycles. The van der Waals surface area contributed by atoms with E-state index in [0.29, 0.717) is 16.1 Å². The number of benzene rings is 1. The van der Waals surface area contributed by atoms with E-state index >= 15 is 0 Å². The number of carbonyl (C=O) groups is 2. The molecule has 3 rings (SSSR count). The molecule has 0 N–H and O–H groups in total. The third-order valence-electron chi connectivity index (χ3n) is 3.27. The number of aromatic nitrogens is 2. The normalized spacial score (nSPS) is 11.9. The molecule has 0 aliphatic heterocycles. The Morgan fingerprint density at radius 2 is 2.13 bits per heavy atom. The van der Waals surface area contributed by atoms with Gasteiger partial charge in [0, 0.05) is 13.1 Å². The van der Waals surface area contributed by atoms with Gasteiger partial charge in [-0.3, -0.25) is 4.79 Å². The summed E-state index contributed by atoms with van der Waals surface area (Å²) in [5, 5.41) is 3.66. The summed E-state index contributed by atoms with van der Waals surface area (Å²) < 4.78 is 12.2. The molecule has 0 fully saturated rings. The van der Waals surface area contributed by atoms with Crippen molar-refractivity contribution in [3.05, 3.63) is 46.1 Å². The average molecular weight is 331 g/mol. The zero-order valence-corrected chi connectivity index (χ0v) is 13.5. The number of ether oxygens (including phenoxy) is 1. The van der Waals surface area contributed by atoms with Gasteiger partial charge < -0.3 is 13.8 Å². The number of hydrogen-bond donors (Lipinski definition) is 0. The SMILES string of the molecule is COC(=O)c1ccc2c(c1)sc(=NC(=O)c1cc(C)on1)n2C. The Morgan fingerprint density at radius 1 is 1.35 bits per heavy atom. The Hall–Kier alpha value is -2.74. The first-order valence-electron chi connectivity index (χ1n) is 6.70. The van der Waals surface area contributed by atoms with Crippen LogP contribution in [0.25, 0.3) is 10.2 Å². The minimum Gasteiger partial charge on any atom is -0.465 e. The highest BCUT2D eigenvalue weighted by atomic mass is 32.1. The number of fused-ring (bicyclic) bond motifs is 1. The van der Waals surface area contributed by atoms with Crippen LogP contribution in [0.4, 0.5) is 0 Å². The highest BCUT2D eigenvalue weighted by Gasteiger charge is 2.12. The molecule has 3 aromatic rings. The Balaban J connectivity index is 2.07. The van der Waals surface area contributed by atoms with Gasteiger partial charge in [-0.05, 0) is 25.1 Å². The second kappa shape index (κ2) is 5.81. The number of carbonyl (C=O) groups excluding carboxylic acids is 2. The number of aryl methyl sites for hydroxylation is 2. The maximum atomic E-state index is 12.1. The maximum Gasteiger partial charge on any atom is 0.337 e. The minimum atomic E-state index is -0.475.